The number of hydrogen-bond acceptors (Lipinski definition) is 23. The summed E-state index contributed by atoms with van der Waals surface area (Å²) in [5.74, 6) is -1.30. The Labute approximate surface area is 529 Å². The van der Waals surface area contributed by atoms with Crippen molar-refractivity contribution in [3.05, 3.63) is 34.7 Å². The number of carbonyl (C=O) groups excluding carboxylic acids is 2. The zero-order valence-corrected chi connectivity index (χ0v) is 53.8. The van der Waals surface area contributed by atoms with Gasteiger partial charge in [-0.3, -0.25) is 14.2 Å². The van der Waals surface area contributed by atoms with Crippen LogP contribution in [-0.2, 0) is 51.6 Å². The number of nitrogens with zero attached hydrogens (tertiary/aromatic N) is 3. The predicted octanol–water partition coefficient (Wildman–Crippen LogP) is 4.93. The number of quaternary nitrogens is 1. The molecule has 2 heterocycles. The highest BCUT2D eigenvalue weighted by Crippen LogP contribution is 2.44. The third kappa shape index (κ3) is 28.5. The van der Waals surface area contributed by atoms with Crippen LogP contribution in [0, 0.1) is 0 Å². The van der Waals surface area contributed by atoms with Crippen LogP contribution < -0.4 is 21.3 Å². The summed E-state index contributed by atoms with van der Waals surface area (Å²) in [7, 11) is -5.75. The van der Waals surface area contributed by atoms with E-state index >= 15 is 0 Å². The van der Waals surface area contributed by atoms with Gasteiger partial charge in [-0.1, -0.05) is 185 Å². The Morgan fingerprint density at radius 2 is 1.09 bits per heavy atom. The zero-order valence-electron chi connectivity index (χ0n) is 52.1. The van der Waals surface area contributed by atoms with Crippen LogP contribution in [0.4, 0.5) is 11.4 Å². The Morgan fingerprint density at radius 1 is 0.629 bits per heavy atom. The molecule has 512 valence electrons. The molecule has 2 saturated heterocycles. The van der Waals surface area contributed by atoms with Gasteiger partial charge in [0.1, 0.15) is 86.0 Å². The molecule has 0 spiro atoms. The molecule has 29 heteroatoms. The Morgan fingerprint density at radius 3 is 1.60 bits per heavy atom. The van der Waals surface area contributed by atoms with Gasteiger partial charge in [-0.2, -0.15) is 0 Å². The second kappa shape index (κ2) is 43.6. The van der Waals surface area contributed by atoms with Crippen LogP contribution in [-0.4, -0.2) is 193 Å². The normalized spacial score (nSPS) is 28.9. The van der Waals surface area contributed by atoms with E-state index in [0.717, 1.165) is 57.8 Å². The third-order valence-corrected chi connectivity index (χ3v) is 17.6. The number of azide groups is 1. The topological polar surface area (TPSA) is 431 Å². The van der Waals surface area contributed by atoms with Crippen LogP contribution in [0.25, 0.3) is 10.4 Å². The van der Waals surface area contributed by atoms with Crippen molar-refractivity contribution < 1.29 is 108 Å². The molecule has 27 nitrogen and oxygen atoms in total. The number of aliphatic hydroxyl groups excluding tert-OH is 9. The number of phosphoric acid groups is 1. The average Bonchev–Trinajstić information content (AvgIpc) is 0.929. The number of carbonyl (C=O) groups is 2. The SMILES string of the molecule is CCCCCCCCCCCCCCCC(=O)OC[C@H](COP(=O)([O-])O[C@@H]1[C@H](O)[C@H](O)[C@@H](O)[C@H](O)[C@H]1O[C@H]1O[C@H](CNC(=S)Nc2ccc(N=[N+]=[N-])cc2)[C@@H](O[C@H]2O[C@H](CO)[C@@H](O)[C@H](O)[C@@H]2O)[C@H](O)[C@H]1[NH3+])OC(=O)CCCCCCCCCCCCCCC. The summed E-state index contributed by atoms with van der Waals surface area (Å²) < 4.78 is 59.2. The third-order valence-electron chi connectivity index (χ3n) is 16.4. The van der Waals surface area contributed by atoms with Gasteiger partial charge in [0.2, 0.25) is 6.29 Å². The smallest absolute Gasteiger partial charge is 0.306 e. The molecule has 0 bridgehead atoms. The van der Waals surface area contributed by atoms with Gasteiger partial charge in [0.15, 0.2) is 23.5 Å². The fourth-order valence-corrected chi connectivity index (χ4v) is 12.1. The Bertz CT molecular complexity index is 2230. The number of phosphoric ester groups is 1. The van der Waals surface area contributed by atoms with Crippen molar-refractivity contribution in [2.24, 2.45) is 5.11 Å². The molecule has 89 heavy (non-hydrogen) atoms. The van der Waals surface area contributed by atoms with E-state index in [2.05, 4.69) is 40.2 Å². The summed E-state index contributed by atoms with van der Waals surface area (Å²) in [6.07, 6.45) is -1.78. The first-order chi connectivity index (χ1) is 42.7. The molecule has 14 N–H and O–H groups in total. The molecule has 1 saturated carbocycles. The Balaban J connectivity index is 1.43. The summed E-state index contributed by atoms with van der Waals surface area (Å²) in [6.45, 7) is 1.67. The van der Waals surface area contributed by atoms with Gasteiger partial charge in [0.05, 0.1) is 13.2 Å². The van der Waals surface area contributed by atoms with E-state index in [1.54, 1.807) is 12.1 Å². The number of ether oxygens (including phenoxy) is 6. The first-order valence-corrected chi connectivity index (χ1v) is 34.3. The van der Waals surface area contributed by atoms with Crippen molar-refractivity contribution in [2.45, 2.75) is 298 Å². The zero-order chi connectivity index (χ0) is 65.1. The number of thiocarbonyl (C=S) groups is 1. The lowest BCUT2D eigenvalue weighted by molar-refractivity contribution is -0.510. The van der Waals surface area contributed by atoms with Crippen molar-refractivity contribution in [3.63, 3.8) is 0 Å². The van der Waals surface area contributed by atoms with Crippen molar-refractivity contribution in [1.82, 2.24) is 5.32 Å². The highest BCUT2D eigenvalue weighted by Gasteiger charge is 2.56. The Hall–Kier alpha value is -3.29. The summed E-state index contributed by atoms with van der Waals surface area (Å²) in [6, 6.07) is 4.60. The molecule has 2 aliphatic heterocycles. The van der Waals surface area contributed by atoms with E-state index in [1.807, 2.05) is 0 Å². The summed E-state index contributed by atoms with van der Waals surface area (Å²) >= 11 is 5.48. The van der Waals surface area contributed by atoms with Gasteiger partial charge in [0, 0.05) is 35.7 Å². The molecule has 1 aromatic rings. The quantitative estimate of drug-likeness (QED) is 0.00783. The molecular formula is C60H105N6O21PS. The molecule has 1 aliphatic carbocycles. The maximum absolute atomic E-state index is 13.8. The highest BCUT2D eigenvalue weighted by atomic mass is 32.1. The molecule has 0 aromatic heterocycles. The summed E-state index contributed by atoms with van der Waals surface area (Å²) in [5.41, 5.74) is 13.4. The number of rotatable bonds is 45. The second-order valence-electron chi connectivity index (χ2n) is 23.7. The summed E-state index contributed by atoms with van der Waals surface area (Å²) in [4.78, 5) is 42.7. The average molecular weight is 1310 g/mol. The minimum absolute atomic E-state index is 0.0138. The Kier molecular flexibility index (Phi) is 38.3. The molecule has 0 amide bonds. The van der Waals surface area contributed by atoms with E-state index in [9.17, 15) is 65.0 Å². The van der Waals surface area contributed by atoms with E-state index in [0.29, 0.717) is 24.2 Å². The fourth-order valence-electron chi connectivity index (χ4n) is 11.0. The number of esters is 2. The molecule has 3 aliphatic rings. The van der Waals surface area contributed by atoms with Crippen molar-refractivity contribution in [3.8, 4) is 0 Å². The maximum atomic E-state index is 13.8. The lowest BCUT2D eigenvalue weighted by atomic mass is 9.84. The van der Waals surface area contributed by atoms with E-state index in [4.69, 9.17) is 55.2 Å². The van der Waals surface area contributed by atoms with Crippen LogP contribution in [0.1, 0.15) is 194 Å². The van der Waals surface area contributed by atoms with Crippen LogP contribution in [0.5, 0.6) is 0 Å². The number of benzene rings is 1. The van der Waals surface area contributed by atoms with E-state index in [-0.39, 0.29) is 18.0 Å². The lowest BCUT2D eigenvalue weighted by Crippen LogP contribution is -2.80. The molecular weight excluding hydrogens is 1200 g/mol. The molecule has 4 rings (SSSR count). The minimum atomic E-state index is -5.75. The van der Waals surface area contributed by atoms with Crippen molar-refractivity contribution >= 4 is 48.5 Å². The van der Waals surface area contributed by atoms with Gasteiger partial charge in [-0.05, 0) is 42.7 Å². The van der Waals surface area contributed by atoms with Gasteiger partial charge in [-0.25, -0.2) is 0 Å². The van der Waals surface area contributed by atoms with E-state index < -0.39 is 150 Å². The second-order valence-corrected chi connectivity index (χ2v) is 25.5. The van der Waals surface area contributed by atoms with Crippen LogP contribution in [0.2, 0.25) is 0 Å². The minimum Gasteiger partial charge on any atom is -0.756 e. The number of nitrogens with one attached hydrogen (secondary N) is 2. The molecule has 18 atom stereocenters. The fraction of sp³-hybridized carbons (Fsp3) is 0.850. The predicted molar refractivity (Wildman–Crippen MR) is 328 cm³/mol. The molecule has 1 unspecified atom stereocenters. The standard InChI is InChI=1S/C60H105N6O21PS/c1-3-5-7-9-11-13-15-17-19-21-23-25-27-29-44(68)80-37-41(82-45(69)30-28-26-24-22-20-18-16-14-12-10-8-6-4-2)38-81-88(78,79)87-57-53(76)51(74)50(73)52(75)56(57)86-58-46(61)48(71)55(85-59-54(77)49(72)47(70)43(36-67)84-59)42(83-58)35-63-60(89)64-39-31-33-40(34-32-39)65-66-62/h31-34,41-43,46-59,67,70-77H,3-30,35-38,61H2,1-2H3,(H,78,79)(H2,63,64,89)/t41-,42-,43-,46-,47-,48-,49+,50-,51-,52+,53-,54+,55-,56-,57-,58-,59-/m1/s1. The van der Waals surface area contributed by atoms with Gasteiger partial charge in [-0.15, -0.1) is 0 Å². The van der Waals surface area contributed by atoms with Crippen LogP contribution in [0.3, 0.4) is 0 Å². The number of anilines is 1. The molecule has 1 aromatic carbocycles. The summed E-state index contributed by atoms with van der Waals surface area (Å²) in [5, 5.41) is 107. The van der Waals surface area contributed by atoms with Gasteiger partial charge >= 0.3 is 11.9 Å². The van der Waals surface area contributed by atoms with Crippen LogP contribution in [0.15, 0.2) is 29.4 Å². The van der Waals surface area contributed by atoms with Crippen LogP contribution >= 0.6 is 20.0 Å². The first kappa shape index (κ1) is 78.2. The first-order valence-electron chi connectivity index (χ1n) is 32.4. The van der Waals surface area contributed by atoms with Gasteiger partial charge in [0.25, 0.3) is 7.82 Å². The van der Waals surface area contributed by atoms with Gasteiger partial charge < -0.3 is 105 Å². The van der Waals surface area contributed by atoms with E-state index in [1.165, 1.54) is 108 Å². The number of hydrogen-bond donors (Lipinski definition) is 12. The number of aliphatic hydroxyl groups is 9. The monoisotopic (exact) mass is 1310 g/mol. The maximum Gasteiger partial charge on any atom is 0.306 e. The number of unbranched alkanes of at least 4 members (excludes halogenated alkanes) is 24. The molecule has 0 radical (unpaired) electrons. The van der Waals surface area contributed by atoms with Crippen molar-refractivity contribution in [1.29, 1.82) is 0 Å². The molecule has 3 fully saturated rings. The highest BCUT2D eigenvalue weighted by molar-refractivity contribution is 7.80. The lowest BCUT2D eigenvalue weighted by Gasteiger charge is -2.48. The van der Waals surface area contributed by atoms with Crippen molar-refractivity contribution in [2.75, 3.05) is 31.7 Å². The largest absolute Gasteiger partial charge is 0.756 e.